The summed E-state index contributed by atoms with van der Waals surface area (Å²) in [7, 11) is 0. The Morgan fingerprint density at radius 2 is 2.00 bits per heavy atom. The Balaban J connectivity index is 3.82. The summed E-state index contributed by atoms with van der Waals surface area (Å²) in [6, 6.07) is 0. The molecule has 0 aliphatic carbocycles. The van der Waals surface area contributed by atoms with Crippen LogP contribution in [0.4, 0.5) is 0 Å². The van der Waals surface area contributed by atoms with Gasteiger partial charge in [-0.3, -0.25) is 0 Å². The molecule has 0 unspecified atom stereocenters. The first-order valence-corrected chi connectivity index (χ1v) is 5.36. The van der Waals surface area contributed by atoms with Crippen molar-refractivity contribution in [3.05, 3.63) is 10.4 Å². The van der Waals surface area contributed by atoms with Gasteiger partial charge in [0.1, 0.15) is 0 Å². The predicted molar refractivity (Wildman–Crippen MR) is 25.9 cm³/mol. The molecule has 0 atom stereocenters. The number of hydrogen-bond donors (Lipinski definition) is 2. The second kappa shape index (κ2) is 2.58. The van der Waals surface area contributed by atoms with Crippen molar-refractivity contribution in [2.45, 2.75) is 0 Å². The molecular weight excluding hydrogens is 182 g/mol. The summed E-state index contributed by atoms with van der Waals surface area (Å²) in [5.41, 5.74) is 0.819. The van der Waals surface area contributed by atoms with Gasteiger partial charge < -0.3 is 0 Å². The van der Waals surface area contributed by atoms with Crippen LogP contribution < -0.4 is 0 Å². The molecule has 0 radical (unpaired) electrons. The van der Waals surface area contributed by atoms with E-state index in [1.165, 1.54) is 0 Å². The molecule has 0 fully saturated rings. The van der Waals surface area contributed by atoms with Gasteiger partial charge in [0, 0.05) is 0 Å². The van der Waals surface area contributed by atoms with Crippen molar-refractivity contribution in [3.8, 4) is 0 Å². The van der Waals surface area contributed by atoms with Gasteiger partial charge in [0.05, 0.1) is 0 Å². The zero-order valence-electron chi connectivity index (χ0n) is 3.28. The Morgan fingerprint density at radius 1 is 1.57 bits per heavy atom. The van der Waals surface area contributed by atoms with Gasteiger partial charge in [-0.1, -0.05) is 0 Å². The van der Waals surface area contributed by atoms with Gasteiger partial charge in [0.25, 0.3) is 0 Å². The fourth-order valence-corrected chi connectivity index (χ4v) is 1.14. The summed E-state index contributed by atoms with van der Waals surface area (Å²) in [4.78, 5) is 0.680. The maximum atomic E-state index is 9.82. The van der Waals surface area contributed by atoms with Crippen molar-refractivity contribution < 1.29 is 11.9 Å². The van der Waals surface area contributed by atoms with Gasteiger partial charge in [0.15, 0.2) is 0 Å². The summed E-state index contributed by atoms with van der Waals surface area (Å²) in [6.07, 6.45) is 0. The average Bonchev–Trinajstić information content (AvgIpc) is 1.30. The first kappa shape index (κ1) is 7.31. The SMILES string of the molecule is O=[As](O)(O)C=CCl. The fraction of sp³-hybridized carbons (Fsp3) is 0. The number of halogens is 1. The molecule has 0 rings (SSSR count). The average molecular weight is 186 g/mol. The van der Waals surface area contributed by atoms with E-state index in [4.69, 9.17) is 19.8 Å². The second-order valence-electron chi connectivity index (χ2n) is 0.864. The Morgan fingerprint density at radius 3 is 2.00 bits per heavy atom. The van der Waals surface area contributed by atoms with E-state index in [-0.39, 0.29) is 0 Å². The van der Waals surface area contributed by atoms with Crippen molar-refractivity contribution in [2.75, 3.05) is 0 Å². The van der Waals surface area contributed by atoms with Crippen LogP contribution in [-0.2, 0) is 3.74 Å². The van der Waals surface area contributed by atoms with Crippen LogP contribution in [0.1, 0.15) is 0 Å². The van der Waals surface area contributed by atoms with E-state index in [1.54, 1.807) is 0 Å². The molecule has 0 saturated heterocycles. The predicted octanol–water partition coefficient (Wildman–Crippen LogP) is -0.368. The third-order valence-corrected chi connectivity index (χ3v) is 1.89. The van der Waals surface area contributed by atoms with E-state index in [0.29, 0.717) is 4.86 Å². The van der Waals surface area contributed by atoms with Crippen LogP contribution in [0.15, 0.2) is 10.4 Å². The zero-order chi connectivity index (χ0) is 5.91. The topological polar surface area (TPSA) is 57.5 Å². The molecule has 0 bridgehead atoms. The molecule has 0 aromatic heterocycles. The van der Waals surface area contributed by atoms with Gasteiger partial charge in [-0.25, -0.2) is 0 Å². The molecule has 0 amide bonds. The van der Waals surface area contributed by atoms with E-state index in [9.17, 15) is 3.74 Å². The van der Waals surface area contributed by atoms with Gasteiger partial charge in [0.2, 0.25) is 0 Å². The summed E-state index contributed by atoms with van der Waals surface area (Å²) in [5.74, 6) is 0. The first-order valence-electron chi connectivity index (χ1n) is 1.39. The van der Waals surface area contributed by atoms with Gasteiger partial charge in [-0.2, -0.15) is 0 Å². The van der Waals surface area contributed by atoms with E-state index < -0.39 is 14.2 Å². The molecule has 0 saturated carbocycles. The van der Waals surface area contributed by atoms with Crippen LogP contribution >= 0.6 is 11.6 Å². The normalized spacial score (nSPS) is 13.0. The summed E-state index contributed by atoms with van der Waals surface area (Å²) < 4.78 is 25.9. The van der Waals surface area contributed by atoms with Crippen LogP contribution in [-0.4, -0.2) is 22.4 Å². The molecule has 5 heteroatoms. The molecule has 0 spiro atoms. The molecule has 42 valence electrons. The van der Waals surface area contributed by atoms with Crippen molar-refractivity contribution in [3.63, 3.8) is 0 Å². The molecule has 2 N–H and O–H groups in total. The molecule has 0 aliphatic heterocycles. The number of hydrogen-bond acceptors (Lipinski definition) is 1. The maximum absolute atomic E-state index is 9.82. The standard InChI is InChI=1S/C2H4AsClO3/c4-2-1-3(5,6)7/h1-2H,(H2,5,6,7). The first-order chi connectivity index (χ1) is 3.06. The summed E-state index contributed by atoms with van der Waals surface area (Å²) in [5, 5.41) is 0. The Labute approximate surface area is 48.6 Å². The molecular formula is C2H4AsClO3. The van der Waals surface area contributed by atoms with E-state index >= 15 is 0 Å². The third-order valence-electron chi connectivity index (χ3n) is 0.251. The molecule has 0 aliphatic rings. The zero-order valence-corrected chi connectivity index (χ0v) is 5.92. The van der Waals surface area contributed by atoms with Gasteiger partial charge in [-0.15, -0.1) is 0 Å². The van der Waals surface area contributed by atoms with Crippen molar-refractivity contribution in [2.24, 2.45) is 0 Å². The summed E-state index contributed by atoms with van der Waals surface area (Å²) >= 11 is 0.322. The molecule has 0 aromatic carbocycles. The quantitative estimate of drug-likeness (QED) is 0.550. The minimum atomic E-state index is -4.51. The third kappa shape index (κ3) is 6.31. The van der Waals surface area contributed by atoms with E-state index in [0.717, 1.165) is 5.54 Å². The van der Waals surface area contributed by atoms with Crippen LogP contribution in [0.3, 0.4) is 0 Å². The van der Waals surface area contributed by atoms with Crippen LogP contribution in [0.25, 0.3) is 0 Å². The van der Waals surface area contributed by atoms with Crippen LogP contribution in [0, 0.1) is 0 Å². The van der Waals surface area contributed by atoms with Crippen molar-refractivity contribution in [1.29, 1.82) is 0 Å². The molecule has 0 heterocycles. The molecule has 7 heavy (non-hydrogen) atoms. The summed E-state index contributed by atoms with van der Waals surface area (Å²) in [6.45, 7) is 0. The monoisotopic (exact) mass is 186 g/mol. The Kier molecular flexibility index (Phi) is 2.69. The van der Waals surface area contributed by atoms with Gasteiger partial charge >= 0.3 is 48.1 Å². The second-order valence-corrected chi connectivity index (χ2v) is 4.21. The van der Waals surface area contributed by atoms with E-state index in [2.05, 4.69) is 0 Å². The molecule has 3 nitrogen and oxygen atoms in total. The van der Waals surface area contributed by atoms with Crippen LogP contribution in [0.5, 0.6) is 0 Å². The Bertz CT molecular complexity index is 114. The fourth-order valence-electron chi connectivity index (χ4n) is 0.0734. The van der Waals surface area contributed by atoms with Gasteiger partial charge in [-0.05, 0) is 0 Å². The molecule has 0 aromatic rings. The van der Waals surface area contributed by atoms with Crippen molar-refractivity contribution >= 4 is 25.8 Å². The van der Waals surface area contributed by atoms with Crippen molar-refractivity contribution in [1.82, 2.24) is 0 Å². The van der Waals surface area contributed by atoms with Crippen LogP contribution in [0.2, 0.25) is 0 Å². The number of rotatable bonds is 1. The Hall–Kier alpha value is 0.308. The minimum absolute atomic E-state index is 0.680. The van der Waals surface area contributed by atoms with E-state index in [1.807, 2.05) is 0 Å².